The maximum Gasteiger partial charge on any atom is 0.337 e. The highest BCUT2D eigenvalue weighted by molar-refractivity contribution is 6.35. The third-order valence-corrected chi connectivity index (χ3v) is 4.75. The first-order valence-corrected chi connectivity index (χ1v) is 10.3. The van der Waals surface area contributed by atoms with Gasteiger partial charge in [-0.05, 0) is 29.8 Å². The van der Waals surface area contributed by atoms with Crippen LogP contribution in [0.15, 0.2) is 36.4 Å². The highest BCUT2D eigenvalue weighted by Gasteiger charge is 2.26. The standard InChI is InChI=1S/C24H27NO8/c1-28-8-9-31-10-11-32-15-23(26)33-17-6-4-16(5-7-17)12-19-18-13-21(29-2)22(30-3)14-20(18)25-24(19)27/h4-7,12-14H,8-11,15H2,1-3H3,(H,25,27). The van der Waals surface area contributed by atoms with E-state index in [1.54, 1.807) is 56.7 Å². The third-order valence-electron chi connectivity index (χ3n) is 4.75. The van der Waals surface area contributed by atoms with Crippen LogP contribution in [-0.2, 0) is 23.8 Å². The smallest absolute Gasteiger partial charge is 0.337 e. The molecule has 0 fully saturated rings. The number of carbonyl (C=O) groups is 2. The van der Waals surface area contributed by atoms with Crippen LogP contribution < -0.4 is 19.5 Å². The Bertz CT molecular complexity index is 1000. The predicted octanol–water partition coefficient (Wildman–Crippen LogP) is 2.78. The first-order chi connectivity index (χ1) is 16.0. The van der Waals surface area contributed by atoms with E-state index in [2.05, 4.69) is 5.32 Å². The first kappa shape index (κ1) is 24.2. The summed E-state index contributed by atoms with van der Waals surface area (Å²) in [5.74, 6) is 0.711. The van der Waals surface area contributed by atoms with Crippen LogP contribution in [0.1, 0.15) is 11.1 Å². The Labute approximate surface area is 192 Å². The number of nitrogens with one attached hydrogen (secondary N) is 1. The monoisotopic (exact) mass is 457 g/mol. The fraction of sp³-hybridized carbons (Fsp3) is 0.333. The summed E-state index contributed by atoms with van der Waals surface area (Å²) in [6.45, 7) is 1.46. The lowest BCUT2D eigenvalue weighted by Gasteiger charge is -2.09. The molecule has 0 unspecified atom stereocenters. The molecule has 1 N–H and O–H groups in total. The van der Waals surface area contributed by atoms with Gasteiger partial charge in [-0.3, -0.25) is 4.79 Å². The van der Waals surface area contributed by atoms with E-state index in [1.165, 1.54) is 7.11 Å². The lowest BCUT2D eigenvalue weighted by Crippen LogP contribution is -2.18. The van der Waals surface area contributed by atoms with Gasteiger partial charge in [0.25, 0.3) is 5.91 Å². The molecule has 1 aliphatic rings. The molecular weight excluding hydrogens is 430 g/mol. The number of anilines is 1. The number of ether oxygens (including phenoxy) is 6. The van der Waals surface area contributed by atoms with Crippen LogP contribution in [0.4, 0.5) is 5.69 Å². The van der Waals surface area contributed by atoms with E-state index in [9.17, 15) is 9.59 Å². The van der Waals surface area contributed by atoms with Crippen LogP contribution in [0, 0.1) is 0 Å². The van der Waals surface area contributed by atoms with Crippen molar-refractivity contribution in [2.75, 3.05) is 59.7 Å². The second kappa shape index (κ2) is 12.0. The van der Waals surface area contributed by atoms with Gasteiger partial charge in [0.15, 0.2) is 11.5 Å². The minimum atomic E-state index is -0.511. The quantitative estimate of drug-likeness (QED) is 0.225. The highest BCUT2D eigenvalue weighted by atomic mass is 16.6. The number of hydrogen-bond donors (Lipinski definition) is 1. The number of benzene rings is 2. The van der Waals surface area contributed by atoms with Crippen molar-refractivity contribution in [3.8, 4) is 17.2 Å². The molecule has 1 heterocycles. The van der Waals surface area contributed by atoms with Crippen LogP contribution in [0.3, 0.4) is 0 Å². The minimum absolute atomic E-state index is 0.179. The first-order valence-electron chi connectivity index (χ1n) is 10.3. The average Bonchev–Trinajstić information content (AvgIpc) is 3.12. The van der Waals surface area contributed by atoms with Gasteiger partial charge in [0.2, 0.25) is 0 Å². The number of fused-ring (bicyclic) bond motifs is 1. The van der Waals surface area contributed by atoms with E-state index in [4.69, 9.17) is 28.4 Å². The Kier molecular flexibility index (Phi) is 8.82. The molecule has 0 aromatic heterocycles. The van der Waals surface area contributed by atoms with E-state index < -0.39 is 5.97 Å². The molecule has 9 nitrogen and oxygen atoms in total. The van der Waals surface area contributed by atoms with Crippen molar-refractivity contribution in [3.63, 3.8) is 0 Å². The topological polar surface area (TPSA) is 102 Å². The molecule has 0 atom stereocenters. The fourth-order valence-corrected chi connectivity index (χ4v) is 3.14. The van der Waals surface area contributed by atoms with Crippen molar-refractivity contribution < 1.29 is 38.0 Å². The highest BCUT2D eigenvalue weighted by Crippen LogP contribution is 2.41. The molecule has 2 aromatic carbocycles. The molecule has 0 spiro atoms. The largest absolute Gasteiger partial charge is 0.493 e. The van der Waals surface area contributed by atoms with Gasteiger partial charge in [-0.15, -0.1) is 0 Å². The summed E-state index contributed by atoms with van der Waals surface area (Å²) in [5, 5.41) is 2.83. The van der Waals surface area contributed by atoms with Crippen molar-refractivity contribution in [2.45, 2.75) is 0 Å². The van der Waals surface area contributed by atoms with Gasteiger partial charge in [-0.25, -0.2) is 4.79 Å². The van der Waals surface area contributed by atoms with Gasteiger partial charge >= 0.3 is 5.97 Å². The van der Waals surface area contributed by atoms with Crippen molar-refractivity contribution in [1.29, 1.82) is 0 Å². The van der Waals surface area contributed by atoms with Crippen LogP contribution in [0.2, 0.25) is 0 Å². The lowest BCUT2D eigenvalue weighted by molar-refractivity contribution is -0.140. The summed E-state index contributed by atoms with van der Waals surface area (Å²) in [7, 11) is 4.68. The molecule has 9 heteroatoms. The Morgan fingerprint density at radius 1 is 0.909 bits per heavy atom. The van der Waals surface area contributed by atoms with Gasteiger partial charge in [-0.1, -0.05) is 12.1 Å². The van der Waals surface area contributed by atoms with Crippen molar-refractivity contribution >= 4 is 29.2 Å². The van der Waals surface area contributed by atoms with E-state index in [0.717, 1.165) is 11.1 Å². The Hall–Kier alpha value is -3.40. The molecule has 0 saturated heterocycles. The zero-order valence-electron chi connectivity index (χ0n) is 18.8. The maximum absolute atomic E-state index is 12.5. The van der Waals surface area contributed by atoms with E-state index in [1.807, 2.05) is 0 Å². The van der Waals surface area contributed by atoms with Gasteiger partial charge in [0, 0.05) is 24.3 Å². The molecule has 1 aliphatic heterocycles. The second-order valence-corrected chi connectivity index (χ2v) is 6.97. The van der Waals surface area contributed by atoms with Crippen LogP contribution in [-0.4, -0.2) is 66.2 Å². The molecule has 0 bridgehead atoms. The van der Waals surface area contributed by atoms with Crippen molar-refractivity contribution in [1.82, 2.24) is 0 Å². The molecule has 176 valence electrons. The number of esters is 1. The Balaban J connectivity index is 1.58. The van der Waals surface area contributed by atoms with Gasteiger partial charge in [-0.2, -0.15) is 0 Å². The molecule has 0 aliphatic carbocycles. The molecule has 0 saturated carbocycles. The normalized spacial score (nSPS) is 13.5. The van der Waals surface area contributed by atoms with Gasteiger partial charge in [0.05, 0.1) is 46.3 Å². The van der Waals surface area contributed by atoms with E-state index >= 15 is 0 Å². The summed E-state index contributed by atoms with van der Waals surface area (Å²) in [6, 6.07) is 10.3. The minimum Gasteiger partial charge on any atom is -0.493 e. The summed E-state index contributed by atoms with van der Waals surface area (Å²) in [6.07, 6.45) is 1.76. The SMILES string of the molecule is COCCOCCOCC(=O)Oc1ccc(C=C2C(=O)Nc3cc(OC)c(OC)cc32)cc1. The number of rotatable bonds is 12. The lowest BCUT2D eigenvalue weighted by atomic mass is 10.0. The van der Waals surface area contributed by atoms with Crippen LogP contribution in [0.25, 0.3) is 11.6 Å². The maximum atomic E-state index is 12.5. The van der Waals surface area contributed by atoms with Gasteiger partial charge < -0.3 is 33.7 Å². The molecule has 3 rings (SSSR count). The number of methoxy groups -OCH3 is 3. The molecule has 33 heavy (non-hydrogen) atoms. The second-order valence-electron chi connectivity index (χ2n) is 6.97. The molecular formula is C24H27NO8. The fourth-order valence-electron chi connectivity index (χ4n) is 3.14. The number of amides is 1. The zero-order valence-corrected chi connectivity index (χ0v) is 18.8. The number of carbonyl (C=O) groups excluding carboxylic acids is 2. The zero-order chi connectivity index (χ0) is 23.6. The van der Waals surface area contributed by atoms with E-state index in [-0.39, 0.29) is 19.1 Å². The summed E-state index contributed by atoms with van der Waals surface area (Å²) in [5.41, 5.74) is 2.64. The molecule has 1 amide bonds. The van der Waals surface area contributed by atoms with Crippen LogP contribution >= 0.6 is 0 Å². The summed E-state index contributed by atoms with van der Waals surface area (Å²) in [4.78, 5) is 24.4. The van der Waals surface area contributed by atoms with Crippen molar-refractivity contribution in [2.24, 2.45) is 0 Å². The van der Waals surface area contributed by atoms with Crippen molar-refractivity contribution in [3.05, 3.63) is 47.5 Å². The summed E-state index contributed by atoms with van der Waals surface area (Å²) >= 11 is 0. The van der Waals surface area contributed by atoms with E-state index in [0.29, 0.717) is 48.3 Å². The number of hydrogen-bond acceptors (Lipinski definition) is 8. The van der Waals surface area contributed by atoms with Gasteiger partial charge in [0.1, 0.15) is 12.4 Å². The predicted molar refractivity (Wildman–Crippen MR) is 122 cm³/mol. The molecule has 2 aromatic rings. The Morgan fingerprint density at radius 2 is 1.58 bits per heavy atom. The molecule has 0 radical (unpaired) electrons. The van der Waals surface area contributed by atoms with Crippen LogP contribution in [0.5, 0.6) is 17.2 Å². The Morgan fingerprint density at radius 3 is 2.27 bits per heavy atom. The summed E-state index contributed by atoms with van der Waals surface area (Å²) < 4.78 is 31.2. The third kappa shape index (κ3) is 6.55. The average molecular weight is 457 g/mol.